The number of piperidine rings is 1. The van der Waals surface area contributed by atoms with E-state index < -0.39 is 11.7 Å². The first-order chi connectivity index (χ1) is 13.2. The van der Waals surface area contributed by atoms with Gasteiger partial charge in [-0.25, -0.2) is 0 Å². The molecule has 0 spiro atoms. The van der Waals surface area contributed by atoms with Crippen LogP contribution >= 0.6 is 23.2 Å². The number of anilines is 1. The molecule has 1 saturated heterocycles. The Bertz CT molecular complexity index is 858. The zero-order chi connectivity index (χ0) is 20.3. The molecule has 0 aliphatic carbocycles. The summed E-state index contributed by atoms with van der Waals surface area (Å²) in [5.41, 5.74) is 0.104. The topological polar surface area (TPSA) is 32.3 Å². The molecule has 1 aliphatic heterocycles. The van der Waals surface area contributed by atoms with Crippen LogP contribution in [0.1, 0.15) is 24.0 Å². The van der Waals surface area contributed by atoms with E-state index in [1.165, 1.54) is 0 Å². The predicted octanol–water partition coefficient (Wildman–Crippen LogP) is 5.86. The molecule has 1 heterocycles. The molecular formula is C20H19Cl2F3N2O. The second-order valence-corrected chi connectivity index (χ2v) is 7.66. The SMILES string of the molecule is O=C(Nc1cc(C(F)(F)F)ccc1Cl)C1CCCN(Cc2ccccc2Cl)C1. The quantitative estimate of drug-likeness (QED) is 0.658. The summed E-state index contributed by atoms with van der Waals surface area (Å²) in [6.07, 6.45) is -3.01. The van der Waals surface area contributed by atoms with Gasteiger partial charge in [-0.1, -0.05) is 41.4 Å². The van der Waals surface area contributed by atoms with Crippen molar-refractivity contribution in [3.8, 4) is 0 Å². The van der Waals surface area contributed by atoms with Gasteiger partial charge in [0.1, 0.15) is 0 Å². The van der Waals surface area contributed by atoms with Gasteiger partial charge in [-0.2, -0.15) is 13.2 Å². The van der Waals surface area contributed by atoms with Crippen molar-refractivity contribution < 1.29 is 18.0 Å². The summed E-state index contributed by atoms with van der Waals surface area (Å²) in [6, 6.07) is 10.4. The van der Waals surface area contributed by atoms with Crippen LogP contribution in [-0.4, -0.2) is 23.9 Å². The lowest BCUT2D eigenvalue weighted by Crippen LogP contribution is -2.40. The maximum Gasteiger partial charge on any atom is 0.416 e. The lowest BCUT2D eigenvalue weighted by atomic mass is 9.96. The molecule has 0 saturated carbocycles. The van der Waals surface area contributed by atoms with E-state index in [-0.39, 0.29) is 22.5 Å². The third kappa shape index (κ3) is 5.19. The maximum atomic E-state index is 12.9. The van der Waals surface area contributed by atoms with Crippen molar-refractivity contribution in [2.75, 3.05) is 18.4 Å². The van der Waals surface area contributed by atoms with Gasteiger partial charge in [-0.15, -0.1) is 0 Å². The molecule has 1 N–H and O–H groups in total. The summed E-state index contributed by atoms with van der Waals surface area (Å²) in [5.74, 6) is -0.660. The van der Waals surface area contributed by atoms with Gasteiger partial charge in [0, 0.05) is 18.1 Å². The first-order valence-electron chi connectivity index (χ1n) is 8.87. The summed E-state index contributed by atoms with van der Waals surface area (Å²) in [5, 5.41) is 3.31. The number of halogens is 5. The molecule has 8 heteroatoms. The van der Waals surface area contributed by atoms with Gasteiger partial charge in [0.2, 0.25) is 5.91 Å². The number of likely N-dealkylation sites (tertiary alicyclic amines) is 1. The van der Waals surface area contributed by atoms with Gasteiger partial charge in [0.25, 0.3) is 0 Å². The average molecular weight is 431 g/mol. The van der Waals surface area contributed by atoms with Gasteiger partial charge in [-0.05, 0) is 49.2 Å². The van der Waals surface area contributed by atoms with Gasteiger partial charge in [0.05, 0.1) is 22.2 Å². The highest BCUT2D eigenvalue weighted by Crippen LogP contribution is 2.34. The van der Waals surface area contributed by atoms with Gasteiger partial charge in [0.15, 0.2) is 0 Å². The van der Waals surface area contributed by atoms with Crippen molar-refractivity contribution >= 4 is 34.8 Å². The molecule has 0 aromatic heterocycles. The molecule has 1 aliphatic rings. The highest BCUT2D eigenvalue weighted by atomic mass is 35.5. The Kier molecular flexibility index (Phi) is 6.53. The molecule has 1 fully saturated rings. The van der Waals surface area contributed by atoms with Crippen molar-refractivity contribution in [2.24, 2.45) is 5.92 Å². The number of carbonyl (C=O) groups is 1. The second-order valence-electron chi connectivity index (χ2n) is 6.85. The normalized spacial score (nSPS) is 18.1. The number of alkyl halides is 3. The third-order valence-electron chi connectivity index (χ3n) is 4.78. The zero-order valence-corrected chi connectivity index (χ0v) is 16.4. The highest BCUT2D eigenvalue weighted by molar-refractivity contribution is 6.33. The van der Waals surface area contributed by atoms with Crippen LogP contribution in [0.2, 0.25) is 10.0 Å². The van der Waals surface area contributed by atoms with Crippen molar-refractivity contribution in [3.63, 3.8) is 0 Å². The zero-order valence-electron chi connectivity index (χ0n) is 14.9. The monoisotopic (exact) mass is 430 g/mol. The van der Waals surface area contributed by atoms with Crippen LogP contribution < -0.4 is 5.32 Å². The Morgan fingerprint density at radius 2 is 1.89 bits per heavy atom. The van der Waals surface area contributed by atoms with E-state index in [0.29, 0.717) is 24.5 Å². The molecular weight excluding hydrogens is 412 g/mol. The Hall–Kier alpha value is -1.76. The summed E-state index contributed by atoms with van der Waals surface area (Å²) < 4.78 is 38.7. The molecule has 0 bridgehead atoms. The number of hydrogen-bond acceptors (Lipinski definition) is 2. The Labute approximate surface area is 171 Å². The lowest BCUT2D eigenvalue weighted by molar-refractivity contribution is -0.137. The fourth-order valence-corrected chi connectivity index (χ4v) is 3.67. The predicted molar refractivity (Wildman–Crippen MR) is 105 cm³/mol. The van der Waals surface area contributed by atoms with Crippen LogP contribution in [0.15, 0.2) is 42.5 Å². The molecule has 3 nitrogen and oxygen atoms in total. The smallest absolute Gasteiger partial charge is 0.324 e. The first-order valence-corrected chi connectivity index (χ1v) is 9.63. The molecule has 150 valence electrons. The Morgan fingerprint density at radius 3 is 2.61 bits per heavy atom. The number of carbonyl (C=O) groups excluding carboxylic acids is 1. The maximum absolute atomic E-state index is 12.9. The molecule has 3 rings (SSSR count). The Balaban J connectivity index is 1.67. The fraction of sp³-hybridized carbons (Fsp3) is 0.350. The van der Waals surface area contributed by atoms with Crippen molar-refractivity contribution in [1.29, 1.82) is 0 Å². The molecule has 2 aromatic carbocycles. The van der Waals surface area contributed by atoms with Crippen LogP contribution in [0.25, 0.3) is 0 Å². The molecule has 2 aromatic rings. The number of rotatable bonds is 4. The van der Waals surface area contributed by atoms with E-state index in [4.69, 9.17) is 23.2 Å². The van der Waals surface area contributed by atoms with Crippen LogP contribution in [0.5, 0.6) is 0 Å². The van der Waals surface area contributed by atoms with Crippen LogP contribution in [0.4, 0.5) is 18.9 Å². The molecule has 28 heavy (non-hydrogen) atoms. The van der Waals surface area contributed by atoms with E-state index in [1.54, 1.807) is 0 Å². The fourth-order valence-electron chi connectivity index (χ4n) is 3.31. The van der Waals surface area contributed by atoms with E-state index in [2.05, 4.69) is 10.2 Å². The highest BCUT2D eigenvalue weighted by Gasteiger charge is 2.32. The largest absolute Gasteiger partial charge is 0.416 e. The van der Waals surface area contributed by atoms with Gasteiger partial charge >= 0.3 is 6.18 Å². The summed E-state index contributed by atoms with van der Waals surface area (Å²) in [7, 11) is 0. The van der Waals surface area contributed by atoms with E-state index in [1.807, 2.05) is 24.3 Å². The number of nitrogens with one attached hydrogen (secondary N) is 1. The van der Waals surface area contributed by atoms with E-state index in [0.717, 1.165) is 36.7 Å². The van der Waals surface area contributed by atoms with E-state index in [9.17, 15) is 18.0 Å². The van der Waals surface area contributed by atoms with Crippen molar-refractivity contribution in [3.05, 3.63) is 63.6 Å². The summed E-state index contributed by atoms with van der Waals surface area (Å²) >= 11 is 12.2. The van der Waals surface area contributed by atoms with Crippen molar-refractivity contribution in [2.45, 2.75) is 25.6 Å². The van der Waals surface area contributed by atoms with Crippen LogP contribution in [0, 0.1) is 5.92 Å². The molecule has 1 amide bonds. The van der Waals surface area contributed by atoms with Gasteiger partial charge < -0.3 is 5.32 Å². The van der Waals surface area contributed by atoms with Gasteiger partial charge in [-0.3, -0.25) is 9.69 Å². The number of benzene rings is 2. The van der Waals surface area contributed by atoms with E-state index >= 15 is 0 Å². The number of hydrogen-bond donors (Lipinski definition) is 1. The summed E-state index contributed by atoms with van der Waals surface area (Å²) in [6.45, 7) is 1.96. The summed E-state index contributed by atoms with van der Waals surface area (Å²) in [4.78, 5) is 14.8. The molecule has 1 unspecified atom stereocenters. The minimum atomic E-state index is -4.50. The lowest BCUT2D eigenvalue weighted by Gasteiger charge is -2.32. The second kappa shape index (κ2) is 8.72. The molecule has 1 atom stereocenters. The number of amides is 1. The minimum absolute atomic E-state index is 0.0234. The molecule has 0 radical (unpaired) electrons. The standard InChI is InChI=1S/C20H19Cl2F3N2O/c21-16-6-2-1-4-13(16)11-27-9-3-5-14(12-27)19(28)26-18-10-15(20(23,24)25)7-8-17(18)22/h1-2,4,6-8,10,14H,3,5,9,11-12H2,(H,26,28). The van der Waals surface area contributed by atoms with Crippen LogP contribution in [-0.2, 0) is 17.5 Å². The minimum Gasteiger partial charge on any atom is -0.324 e. The average Bonchev–Trinajstić information content (AvgIpc) is 2.65. The van der Waals surface area contributed by atoms with Crippen molar-refractivity contribution in [1.82, 2.24) is 4.90 Å². The Morgan fingerprint density at radius 1 is 1.14 bits per heavy atom. The third-order valence-corrected chi connectivity index (χ3v) is 5.48. The first kappa shape index (κ1) is 21.0. The van der Waals surface area contributed by atoms with Crippen LogP contribution in [0.3, 0.4) is 0 Å². The number of nitrogens with zero attached hydrogens (tertiary/aromatic N) is 1.